The molecule has 0 radical (unpaired) electrons. The van der Waals surface area contributed by atoms with Crippen molar-refractivity contribution in [1.82, 2.24) is 15.0 Å². The Balaban J connectivity index is 2.34. The largest absolute Gasteiger partial charge is 0.478 e. The number of para-hydroxylation sites is 1. The molecule has 0 aliphatic heterocycles. The van der Waals surface area contributed by atoms with Gasteiger partial charge in [-0.3, -0.25) is 4.98 Å². The van der Waals surface area contributed by atoms with Crippen LogP contribution in [-0.2, 0) is 0 Å². The number of rotatable bonds is 2. The molecule has 0 amide bonds. The fourth-order valence-electron chi connectivity index (χ4n) is 2.00. The molecule has 0 atom stereocenters. The van der Waals surface area contributed by atoms with Crippen LogP contribution in [0.25, 0.3) is 22.2 Å². The van der Waals surface area contributed by atoms with Gasteiger partial charge in [0, 0.05) is 23.3 Å². The fraction of sp³-hybridized carbons (Fsp3) is 0. The molecule has 0 saturated heterocycles. The lowest BCUT2D eigenvalue weighted by molar-refractivity contribution is 0.0697. The van der Waals surface area contributed by atoms with Gasteiger partial charge < -0.3 is 5.11 Å². The number of hydrogen-bond donors (Lipinski definition) is 1. The fourth-order valence-corrected chi connectivity index (χ4v) is 2.00. The van der Waals surface area contributed by atoms with E-state index in [9.17, 15) is 9.90 Å². The van der Waals surface area contributed by atoms with Crippen molar-refractivity contribution in [3.8, 4) is 11.3 Å². The highest BCUT2D eigenvalue weighted by molar-refractivity contribution is 6.00. The van der Waals surface area contributed by atoms with Gasteiger partial charge in [-0.1, -0.05) is 18.2 Å². The summed E-state index contributed by atoms with van der Waals surface area (Å²) in [6.45, 7) is 0. The van der Waals surface area contributed by atoms with E-state index in [4.69, 9.17) is 0 Å². The highest BCUT2D eigenvalue weighted by Gasteiger charge is 2.15. The number of aromatic carboxylic acids is 1. The van der Waals surface area contributed by atoms with Crippen LogP contribution in [0.3, 0.4) is 0 Å². The number of aromatic nitrogens is 3. The molecule has 1 N–H and O–H groups in total. The molecule has 0 spiro atoms. The molecule has 19 heavy (non-hydrogen) atoms. The van der Waals surface area contributed by atoms with Crippen LogP contribution in [0, 0.1) is 0 Å². The minimum absolute atomic E-state index is 0.0823. The summed E-state index contributed by atoms with van der Waals surface area (Å²) < 4.78 is 0. The third-order valence-corrected chi connectivity index (χ3v) is 2.85. The zero-order valence-electron chi connectivity index (χ0n) is 9.82. The Morgan fingerprint density at radius 1 is 1.11 bits per heavy atom. The smallest absolute Gasteiger partial charge is 0.339 e. The maximum atomic E-state index is 11.2. The zero-order valence-corrected chi connectivity index (χ0v) is 9.82. The first-order valence-corrected chi connectivity index (χ1v) is 5.65. The first-order chi connectivity index (χ1) is 9.27. The molecule has 1 aromatic carbocycles. The van der Waals surface area contributed by atoms with Crippen LogP contribution in [0.4, 0.5) is 0 Å². The predicted octanol–water partition coefficient (Wildman–Crippen LogP) is 2.39. The van der Waals surface area contributed by atoms with E-state index >= 15 is 0 Å². The van der Waals surface area contributed by atoms with Crippen LogP contribution in [0.2, 0.25) is 0 Å². The minimum atomic E-state index is -1.04. The van der Waals surface area contributed by atoms with E-state index in [1.807, 2.05) is 24.3 Å². The van der Waals surface area contributed by atoms with E-state index in [0.717, 1.165) is 16.5 Å². The van der Waals surface area contributed by atoms with Crippen molar-refractivity contribution >= 4 is 16.9 Å². The van der Waals surface area contributed by atoms with Gasteiger partial charge in [-0.15, -0.1) is 0 Å². The molecule has 3 rings (SSSR count). The number of benzene rings is 1. The van der Waals surface area contributed by atoms with Gasteiger partial charge in [0.15, 0.2) is 0 Å². The molecule has 0 aliphatic rings. The molecule has 2 heterocycles. The van der Waals surface area contributed by atoms with Gasteiger partial charge in [-0.25, -0.2) is 14.8 Å². The first kappa shape index (κ1) is 11.3. The Morgan fingerprint density at radius 3 is 2.79 bits per heavy atom. The Labute approximate surface area is 108 Å². The summed E-state index contributed by atoms with van der Waals surface area (Å²) in [5.74, 6) is -1.04. The van der Waals surface area contributed by atoms with Gasteiger partial charge in [0.2, 0.25) is 0 Å². The maximum absolute atomic E-state index is 11.2. The molecule has 5 nitrogen and oxygen atoms in total. The average Bonchev–Trinajstić information content (AvgIpc) is 2.46. The van der Waals surface area contributed by atoms with Crippen molar-refractivity contribution in [3.05, 3.63) is 54.6 Å². The summed E-state index contributed by atoms with van der Waals surface area (Å²) in [6, 6.07) is 9.30. The van der Waals surface area contributed by atoms with Crippen LogP contribution in [-0.4, -0.2) is 26.0 Å². The van der Waals surface area contributed by atoms with E-state index < -0.39 is 5.97 Å². The molecular weight excluding hydrogens is 242 g/mol. The summed E-state index contributed by atoms with van der Waals surface area (Å²) in [5.41, 5.74) is 2.03. The molecule has 0 saturated carbocycles. The van der Waals surface area contributed by atoms with Gasteiger partial charge >= 0.3 is 5.97 Å². The lowest BCUT2D eigenvalue weighted by atomic mass is 10.0. The number of carboxylic acids is 1. The zero-order chi connectivity index (χ0) is 13.2. The second kappa shape index (κ2) is 4.45. The Hall–Kier alpha value is -2.82. The highest BCUT2D eigenvalue weighted by Crippen LogP contribution is 2.27. The van der Waals surface area contributed by atoms with E-state index in [0.29, 0.717) is 5.69 Å². The number of carbonyl (C=O) groups is 1. The van der Waals surface area contributed by atoms with Crippen LogP contribution in [0.5, 0.6) is 0 Å². The second-order valence-corrected chi connectivity index (χ2v) is 3.97. The summed E-state index contributed by atoms with van der Waals surface area (Å²) >= 11 is 0. The quantitative estimate of drug-likeness (QED) is 0.756. The van der Waals surface area contributed by atoms with Gasteiger partial charge in [0.1, 0.15) is 11.9 Å². The van der Waals surface area contributed by atoms with Gasteiger partial charge in [-0.05, 0) is 12.1 Å². The van der Waals surface area contributed by atoms with Gasteiger partial charge in [0.25, 0.3) is 0 Å². The van der Waals surface area contributed by atoms with Crippen molar-refractivity contribution in [2.75, 3.05) is 0 Å². The van der Waals surface area contributed by atoms with E-state index in [2.05, 4.69) is 15.0 Å². The van der Waals surface area contributed by atoms with Crippen molar-refractivity contribution < 1.29 is 9.90 Å². The second-order valence-electron chi connectivity index (χ2n) is 3.97. The van der Waals surface area contributed by atoms with Crippen molar-refractivity contribution in [2.45, 2.75) is 0 Å². The van der Waals surface area contributed by atoms with Gasteiger partial charge in [-0.2, -0.15) is 0 Å². The normalized spacial score (nSPS) is 10.5. The van der Waals surface area contributed by atoms with Crippen molar-refractivity contribution in [3.63, 3.8) is 0 Å². The van der Waals surface area contributed by atoms with Crippen LogP contribution < -0.4 is 0 Å². The lowest BCUT2D eigenvalue weighted by Crippen LogP contribution is -2.02. The monoisotopic (exact) mass is 251 g/mol. The van der Waals surface area contributed by atoms with Crippen LogP contribution in [0.15, 0.2) is 49.1 Å². The molecule has 5 heteroatoms. The molecule has 0 fully saturated rings. The molecule has 0 bridgehead atoms. The van der Waals surface area contributed by atoms with Crippen molar-refractivity contribution in [1.29, 1.82) is 0 Å². The topological polar surface area (TPSA) is 76.0 Å². The number of nitrogens with zero attached hydrogens (tertiary/aromatic N) is 3. The van der Waals surface area contributed by atoms with E-state index in [1.54, 1.807) is 12.3 Å². The maximum Gasteiger partial charge on any atom is 0.339 e. The van der Waals surface area contributed by atoms with E-state index in [1.165, 1.54) is 12.5 Å². The molecule has 92 valence electrons. The number of hydrogen-bond acceptors (Lipinski definition) is 4. The Kier molecular flexibility index (Phi) is 2.64. The first-order valence-electron chi connectivity index (χ1n) is 5.65. The predicted molar refractivity (Wildman–Crippen MR) is 69.7 cm³/mol. The molecule has 3 aromatic rings. The van der Waals surface area contributed by atoms with Gasteiger partial charge in [0.05, 0.1) is 11.2 Å². The highest BCUT2D eigenvalue weighted by atomic mass is 16.4. The number of carboxylic acid groups (broad SMARTS) is 1. The molecule has 0 unspecified atom stereocenters. The summed E-state index contributed by atoms with van der Waals surface area (Å²) in [7, 11) is 0. The Bertz CT molecular complexity index is 766. The molecular formula is C14H9N3O2. The Morgan fingerprint density at radius 2 is 1.95 bits per heavy atom. The van der Waals surface area contributed by atoms with Crippen LogP contribution >= 0.6 is 0 Å². The molecule has 0 aliphatic carbocycles. The number of fused-ring (bicyclic) bond motifs is 1. The number of pyridine rings is 1. The summed E-state index contributed by atoms with van der Waals surface area (Å²) in [4.78, 5) is 23.4. The van der Waals surface area contributed by atoms with Crippen LogP contribution in [0.1, 0.15) is 10.4 Å². The summed E-state index contributed by atoms with van der Waals surface area (Å²) in [5, 5.41) is 10.1. The average molecular weight is 251 g/mol. The van der Waals surface area contributed by atoms with Crippen molar-refractivity contribution in [2.24, 2.45) is 0 Å². The molecule has 2 aromatic heterocycles. The minimum Gasteiger partial charge on any atom is -0.478 e. The third-order valence-electron chi connectivity index (χ3n) is 2.85. The lowest BCUT2D eigenvalue weighted by Gasteiger charge is -2.07. The van der Waals surface area contributed by atoms with E-state index in [-0.39, 0.29) is 5.56 Å². The third kappa shape index (κ3) is 1.91. The SMILES string of the molecule is O=C(O)c1cncnc1-c1ccnc2ccccc12. The standard InChI is InChI=1S/C14H9N3O2/c18-14(19)11-7-15-8-17-13(11)10-5-6-16-12-4-2-1-3-9(10)12/h1-8H,(H,18,19). The summed E-state index contributed by atoms with van der Waals surface area (Å²) in [6.07, 6.45) is 4.29.